The Morgan fingerprint density at radius 2 is 2.23 bits per heavy atom. The summed E-state index contributed by atoms with van der Waals surface area (Å²) in [6.07, 6.45) is 1.78. The number of nitrogens with zero attached hydrogens (tertiary/aromatic N) is 1. The second-order valence-corrected chi connectivity index (χ2v) is 3.41. The molecule has 0 heterocycles. The molecule has 4 heteroatoms. The highest BCUT2D eigenvalue weighted by Gasteiger charge is 2.28. The van der Waals surface area contributed by atoms with Crippen molar-refractivity contribution < 1.29 is 9.90 Å². The summed E-state index contributed by atoms with van der Waals surface area (Å²) in [7, 11) is 3.69. The van der Waals surface area contributed by atoms with Gasteiger partial charge in [0, 0.05) is 6.54 Å². The van der Waals surface area contributed by atoms with E-state index in [-0.39, 0.29) is 6.42 Å². The zero-order valence-electron chi connectivity index (χ0n) is 8.50. The lowest BCUT2D eigenvalue weighted by molar-refractivity contribution is -0.140. The number of carboxylic acids is 1. The minimum absolute atomic E-state index is 0.0633. The van der Waals surface area contributed by atoms with Crippen LogP contribution in [0.2, 0.25) is 0 Å². The second-order valence-electron chi connectivity index (χ2n) is 3.41. The smallest absolute Gasteiger partial charge is 0.306 e. The molecule has 2 N–H and O–H groups in total. The first kappa shape index (κ1) is 12.1. The van der Waals surface area contributed by atoms with Crippen LogP contribution in [0.5, 0.6) is 0 Å². The Morgan fingerprint density at radius 3 is 2.54 bits per heavy atom. The molecular weight excluding hydrogens is 168 g/mol. The summed E-state index contributed by atoms with van der Waals surface area (Å²) in [4.78, 5) is 12.4. The van der Waals surface area contributed by atoms with E-state index in [1.807, 2.05) is 25.9 Å². The molecular formula is C9H18N2O2. The van der Waals surface area contributed by atoms with Crippen LogP contribution in [-0.2, 0) is 4.79 Å². The summed E-state index contributed by atoms with van der Waals surface area (Å²) in [5, 5.41) is 11.8. The molecule has 1 unspecified atom stereocenters. The van der Waals surface area contributed by atoms with Crippen LogP contribution in [0.4, 0.5) is 0 Å². The molecule has 0 saturated heterocycles. The largest absolute Gasteiger partial charge is 0.481 e. The Balaban J connectivity index is 4.32. The summed E-state index contributed by atoms with van der Waals surface area (Å²) in [5.74, 6) is -0.812. The van der Waals surface area contributed by atoms with E-state index in [4.69, 9.17) is 5.11 Å². The van der Waals surface area contributed by atoms with Gasteiger partial charge in [-0.1, -0.05) is 6.08 Å². The Bertz CT molecular complexity index is 192. The lowest BCUT2D eigenvalue weighted by atomic mass is 10.1. The van der Waals surface area contributed by atoms with E-state index in [0.717, 1.165) is 0 Å². The van der Waals surface area contributed by atoms with E-state index >= 15 is 0 Å². The molecule has 0 bridgehead atoms. The SMILES string of the molecule is C=CCNC(C)(CC(=O)O)N(C)C. The minimum Gasteiger partial charge on any atom is -0.481 e. The van der Waals surface area contributed by atoms with E-state index < -0.39 is 11.6 Å². The van der Waals surface area contributed by atoms with Gasteiger partial charge in [0.1, 0.15) is 0 Å². The quantitative estimate of drug-likeness (QED) is 0.469. The summed E-state index contributed by atoms with van der Waals surface area (Å²) < 4.78 is 0. The predicted octanol–water partition coefficient (Wildman–Crippen LogP) is 0.514. The van der Waals surface area contributed by atoms with E-state index in [0.29, 0.717) is 6.54 Å². The van der Waals surface area contributed by atoms with E-state index in [2.05, 4.69) is 11.9 Å². The lowest BCUT2D eigenvalue weighted by Crippen LogP contribution is -2.54. The maximum atomic E-state index is 10.6. The summed E-state index contributed by atoms with van der Waals surface area (Å²) in [6.45, 7) is 6.02. The van der Waals surface area contributed by atoms with Crippen molar-refractivity contribution in [3.8, 4) is 0 Å². The van der Waals surface area contributed by atoms with Gasteiger partial charge in [0.2, 0.25) is 0 Å². The molecule has 0 aromatic rings. The zero-order valence-corrected chi connectivity index (χ0v) is 8.50. The van der Waals surface area contributed by atoms with Crippen molar-refractivity contribution in [2.75, 3.05) is 20.6 Å². The van der Waals surface area contributed by atoms with Crippen LogP contribution in [0, 0.1) is 0 Å². The fourth-order valence-electron chi connectivity index (χ4n) is 0.965. The number of carbonyl (C=O) groups is 1. The van der Waals surface area contributed by atoms with Crippen LogP contribution in [0.25, 0.3) is 0 Å². The second kappa shape index (κ2) is 4.99. The molecule has 0 saturated carbocycles. The van der Waals surface area contributed by atoms with Crippen LogP contribution >= 0.6 is 0 Å². The van der Waals surface area contributed by atoms with Gasteiger partial charge in [-0.05, 0) is 21.0 Å². The normalized spacial score (nSPS) is 15.4. The van der Waals surface area contributed by atoms with Crippen molar-refractivity contribution in [1.82, 2.24) is 10.2 Å². The minimum atomic E-state index is -0.812. The third-order valence-corrected chi connectivity index (χ3v) is 2.11. The summed E-state index contributed by atoms with van der Waals surface area (Å²) >= 11 is 0. The van der Waals surface area contributed by atoms with Gasteiger partial charge in [0.25, 0.3) is 0 Å². The molecule has 0 aromatic heterocycles. The Kier molecular flexibility index (Phi) is 4.66. The van der Waals surface area contributed by atoms with Crippen LogP contribution in [0.3, 0.4) is 0 Å². The van der Waals surface area contributed by atoms with Crippen LogP contribution in [0.1, 0.15) is 13.3 Å². The number of aliphatic carboxylic acids is 1. The van der Waals surface area contributed by atoms with Gasteiger partial charge >= 0.3 is 5.97 Å². The molecule has 0 radical (unpaired) electrons. The highest BCUT2D eigenvalue weighted by atomic mass is 16.4. The molecule has 0 aromatic carbocycles. The first-order valence-electron chi connectivity index (χ1n) is 4.17. The standard InChI is InChI=1S/C9H18N2O2/c1-5-6-10-9(2,11(3)4)7-8(12)13/h5,10H,1,6-7H2,2-4H3,(H,12,13). The molecule has 0 aliphatic heterocycles. The highest BCUT2D eigenvalue weighted by Crippen LogP contribution is 2.11. The Labute approximate surface area is 79.2 Å². The van der Waals surface area contributed by atoms with Crippen molar-refractivity contribution in [1.29, 1.82) is 0 Å². The number of carboxylic acid groups (broad SMARTS) is 1. The van der Waals surface area contributed by atoms with Gasteiger partial charge in [-0.2, -0.15) is 0 Å². The third-order valence-electron chi connectivity index (χ3n) is 2.11. The van der Waals surface area contributed by atoms with Crippen LogP contribution in [-0.4, -0.2) is 42.3 Å². The van der Waals surface area contributed by atoms with E-state index in [9.17, 15) is 4.79 Å². The number of nitrogens with one attached hydrogen (secondary N) is 1. The van der Waals surface area contributed by atoms with Gasteiger partial charge < -0.3 is 5.11 Å². The average Bonchev–Trinajstić information content (AvgIpc) is 1.99. The maximum absolute atomic E-state index is 10.6. The average molecular weight is 186 g/mol. The van der Waals surface area contributed by atoms with Gasteiger partial charge in [0.15, 0.2) is 0 Å². The lowest BCUT2D eigenvalue weighted by Gasteiger charge is -2.35. The summed E-state index contributed by atoms with van der Waals surface area (Å²) in [6, 6.07) is 0. The van der Waals surface area contributed by atoms with Crippen molar-refractivity contribution in [3.05, 3.63) is 12.7 Å². The van der Waals surface area contributed by atoms with Gasteiger partial charge in [-0.15, -0.1) is 6.58 Å². The number of hydrogen-bond donors (Lipinski definition) is 2. The fraction of sp³-hybridized carbons (Fsp3) is 0.667. The van der Waals surface area contributed by atoms with E-state index in [1.165, 1.54) is 0 Å². The van der Waals surface area contributed by atoms with Crippen LogP contribution < -0.4 is 5.32 Å². The third kappa shape index (κ3) is 4.05. The zero-order chi connectivity index (χ0) is 10.5. The molecule has 0 amide bonds. The van der Waals surface area contributed by atoms with Gasteiger partial charge in [-0.3, -0.25) is 15.0 Å². The van der Waals surface area contributed by atoms with Crippen molar-refractivity contribution >= 4 is 5.97 Å². The van der Waals surface area contributed by atoms with Crippen molar-refractivity contribution in [3.63, 3.8) is 0 Å². The fourth-order valence-corrected chi connectivity index (χ4v) is 0.965. The first-order valence-corrected chi connectivity index (χ1v) is 4.17. The van der Waals surface area contributed by atoms with Gasteiger partial charge in [-0.25, -0.2) is 0 Å². The molecule has 76 valence electrons. The van der Waals surface area contributed by atoms with E-state index in [1.54, 1.807) is 6.08 Å². The number of rotatable bonds is 6. The Morgan fingerprint density at radius 1 is 1.69 bits per heavy atom. The number of hydrogen-bond acceptors (Lipinski definition) is 3. The monoisotopic (exact) mass is 186 g/mol. The molecule has 1 atom stereocenters. The predicted molar refractivity (Wildman–Crippen MR) is 52.5 cm³/mol. The molecule has 13 heavy (non-hydrogen) atoms. The molecule has 0 rings (SSSR count). The van der Waals surface area contributed by atoms with Gasteiger partial charge in [0.05, 0.1) is 12.1 Å². The van der Waals surface area contributed by atoms with Crippen LogP contribution in [0.15, 0.2) is 12.7 Å². The maximum Gasteiger partial charge on any atom is 0.306 e. The van der Waals surface area contributed by atoms with Crippen molar-refractivity contribution in [2.24, 2.45) is 0 Å². The topological polar surface area (TPSA) is 52.6 Å². The molecule has 0 spiro atoms. The highest BCUT2D eigenvalue weighted by molar-refractivity contribution is 5.68. The Hall–Kier alpha value is -0.870. The first-order chi connectivity index (χ1) is 5.92. The van der Waals surface area contributed by atoms with Crippen molar-refractivity contribution in [2.45, 2.75) is 19.0 Å². The molecule has 0 aliphatic carbocycles. The molecule has 0 fully saturated rings. The molecule has 0 aliphatic rings. The molecule has 4 nitrogen and oxygen atoms in total. The summed E-state index contributed by atoms with van der Waals surface area (Å²) in [5.41, 5.74) is -0.514.